The number of nitrogens with one attached hydrogen (secondary N) is 1. The molecule has 2 aromatic rings. The summed E-state index contributed by atoms with van der Waals surface area (Å²) in [6.07, 6.45) is 0.876. The van der Waals surface area contributed by atoms with Crippen LogP contribution in [0.5, 0.6) is 0 Å². The lowest BCUT2D eigenvalue weighted by Gasteiger charge is -2.33. The van der Waals surface area contributed by atoms with Gasteiger partial charge in [-0.15, -0.1) is 0 Å². The highest BCUT2D eigenvalue weighted by Crippen LogP contribution is 2.30. The number of esters is 1. The molecule has 0 bridgehead atoms. The molecule has 5 nitrogen and oxygen atoms in total. The molecule has 110 valence electrons. The minimum Gasteiger partial charge on any atom is -0.467 e. The first kappa shape index (κ1) is 13.7. The molecule has 0 radical (unpaired) electrons. The minimum atomic E-state index is -0.533. The average Bonchev–Trinajstić information content (AvgIpc) is 2.89. The Labute approximate surface area is 122 Å². The maximum Gasteiger partial charge on any atom is 0.328 e. The van der Waals surface area contributed by atoms with Gasteiger partial charge in [0.1, 0.15) is 6.04 Å². The van der Waals surface area contributed by atoms with Crippen LogP contribution < -0.4 is 0 Å². The molecule has 1 aromatic heterocycles. The molecule has 1 unspecified atom stereocenters. The number of H-pyrrole nitrogens is 1. The third kappa shape index (κ3) is 2.18. The highest BCUT2D eigenvalue weighted by atomic mass is 16.5. The van der Waals surface area contributed by atoms with E-state index in [-0.39, 0.29) is 11.9 Å². The second-order valence-corrected chi connectivity index (χ2v) is 5.25. The number of ether oxygens (including phenoxy) is 1. The number of benzene rings is 1. The van der Waals surface area contributed by atoms with E-state index in [9.17, 15) is 9.59 Å². The lowest BCUT2D eigenvalue weighted by atomic mass is 9.96. The molecule has 0 saturated heterocycles. The van der Waals surface area contributed by atoms with Gasteiger partial charge in [-0.1, -0.05) is 25.1 Å². The number of nitrogens with zero attached hydrogens (tertiary/aromatic N) is 1. The van der Waals surface area contributed by atoms with Crippen LogP contribution in [0.2, 0.25) is 0 Å². The Hall–Kier alpha value is -2.30. The van der Waals surface area contributed by atoms with Crippen molar-refractivity contribution in [3.63, 3.8) is 0 Å². The van der Waals surface area contributed by atoms with Gasteiger partial charge in [0.25, 0.3) is 0 Å². The van der Waals surface area contributed by atoms with Gasteiger partial charge in [0.15, 0.2) is 0 Å². The van der Waals surface area contributed by atoms with Gasteiger partial charge in [-0.2, -0.15) is 0 Å². The summed E-state index contributed by atoms with van der Waals surface area (Å²) in [6, 6.07) is 7.46. The molecular formula is C16H18N2O3. The van der Waals surface area contributed by atoms with Crippen molar-refractivity contribution >= 4 is 22.8 Å². The highest BCUT2D eigenvalue weighted by molar-refractivity contribution is 5.89. The molecule has 1 amide bonds. The van der Waals surface area contributed by atoms with Crippen LogP contribution in [-0.4, -0.2) is 34.9 Å². The van der Waals surface area contributed by atoms with E-state index in [4.69, 9.17) is 4.74 Å². The first-order valence-electron chi connectivity index (χ1n) is 7.11. The fourth-order valence-electron chi connectivity index (χ4n) is 3.02. The van der Waals surface area contributed by atoms with Gasteiger partial charge < -0.3 is 14.6 Å². The molecule has 3 rings (SSSR count). The van der Waals surface area contributed by atoms with Crippen LogP contribution in [0.3, 0.4) is 0 Å². The number of methoxy groups -OCH3 is 1. The number of carbonyl (C=O) groups excluding carboxylic acids is 2. The van der Waals surface area contributed by atoms with Gasteiger partial charge in [-0.25, -0.2) is 4.79 Å². The zero-order valence-corrected chi connectivity index (χ0v) is 12.2. The first-order valence-corrected chi connectivity index (χ1v) is 7.11. The number of amides is 1. The maximum absolute atomic E-state index is 12.1. The molecule has 1 aliphatic heterocycles. The van der Waals surface area contributed by atoms with Crippen LogP contribution in [0.15, 0.2) is 24.3 Å². The van der Waals surface area contributed by atoms with E-state index in [1.807, 2.05) is 24.3 Å². The number of rotatable bonds is 2. The van der Waals surface area contributed by atoms with Crippen molar-refractivity contribution < 1.29 is 14.3 Å². The van der Waals surface area contributed by atoms with Crippen molar-refractivity contribution in [2.75, 3.05) is 7.11 Å². The summed E-state index contributed by atoms with van der Waals surface area (Å²) in [5.74, 6) is -0.387. The maximum atomic E-state index is 12.1. The number of hydrogen-bond acceptors (Lipinski definition) is 3. The summed E-state index contributed by atoms with van der Waals surface area (Å²) in [5.41, 5.74) is 3.16. The zero-order chi connectivity index (χ0) is 15.0. The Bertz CT molecular complexity index is 705. The summed E-state index contributed by atoms with van der Waals surface area (Å²) in [7, 11) is 1.36. The topological polar surface area (TPSA) is 62.4 Å². The number of aromatic nitrogens is 1. The van der Waals surface area contributed by atoms with Crippen LogP contribution in [0.4, 0.5) is 0 Å². The predicted molar refractivity (Wildman–Crippen MR) is 78.6 cm³/mol. The Morgan fingerprint density at radius 1 is 1.38 bits per heavy atom. The summed E-state index contributed by atoms with van der Waals surface area (Å²) >= 11 is 0. The molecule has 1 aromatic carbocycles. The number of aromatic amines is 1. The van der Waals surface area contributed by atoms with Gasteiger partial charge in [0.05, 0.1) is 13.7 Å². The largest absolute Gasteiger partial charge is 0.467 e. The number of fused-ring (bicyclic) bond motifs is 3. The number of hydrogen-bond donors (Lipinski definition) is 1. The third-order valence-corrected chi connectivity index (χ3v) is 4.10. The predicted octanol–water partition coefficient (Wildman–Crippen LogP) is 2.00. The summed E-state index contributed by atoms with van der Waals surface area (Å²) in [4.78, 5) is 29.1. The second kappa shape index (κ2) is 5.24. The van der Waals surface area contributed by atoms with E-state index in [0.717, 1.165) is 22.2 Å². The molecule has 1 atom stereocenters. The van der Waals surface area contributed by atoms with E-state index in [1.54, 1.807) is 11.8 Å². The molecule has 2 heterocycles. The quantitative estimate of drug-likeness (QED) is 0.859. The second-order valence-electron chi connectivity index (χ2n) is 5.25. The Morgan fingerprint density at radius 2 is 2.14 bits per heavy atom. The van der Waals surface area contributed by atoms with Gasteiger partial charge in [0.2, 0.25) is 5.91 Å². The summed E-state index contributed by atoms with van der Waals surface area (Å²) < 4.78 is 4.88. The standard InChI is InChI=1S/C16H18N2O3/c1-3-15(19)18-9-13-11(8-14(18)16(20)21-2)10-6-4-5-7-12(10)17-13/h4-7,14,17H,3,8-9H2,1-2H3. The molecule has 0 saturated carbocycles. The molecule has 0 fully saturated rings. The van der Waals surface area contributed by atoms with Crippen molar-refractivity contribution in [3.8, 4) is 0 Å². The Kier molecular flexibility index (Phi) is 3.41. The van der Waals surface area contributed by atoms with Crippen LogP contribution in [0.25, 0.3) is 10.9 Å². The van der Waals surface area contributed by atoms with Crippen molar-refractivity contribution in [2.24, 2.45) is 0 Å². The Balaban J connectivity index is 2.07. The molecule has 1 N–H and O–H groups in total. The van der Waals surface area contributed by atoms with Gasteiger partial charge in [0, 0.05) is 29.4 Å². The normalized spacial score (nSPS) is 17.6. The van der Waals surface area contributed by atoms with E-state index in [0.29, 0.717) is 19.4 Å². The lowest BCUT2D eigenvalue weighted by Crippen LogP contribution is -2.48. The van der Waals surface area contributed by atoms with Crippen molar-refractivity contribution in [2.45, 2.75) is 32.4 Å². The Morgan fingerprint density at radius 3 is 2.86 bits per heavy atom. The first-order chi connectivity index (χ1) is 10.2. The van der Waals surface area contributed by atoms with Gasteiger partial charge in [-0.3, -0.25) is 4.79 Å². The van der Waals surface area contributed by atoms with Gasteiger partial charge >= 0.3 is 5.97 Å². The number of carbonyl (C=O) groups is 2. The molecule has 21 heavy (non-hydrogen) atoms. The monoisotopic (exact) mass is 286 g/mol. The highest BCUT2D eigenvalue weighted by Gasteiger charge is 2.36. The SMILES string of the molecule is CCC(=O)N1Cc2[nH]c3ccccc3c2CC1C(=O)OC. The third-order valence-electron chi connectivity index (χ3n) is 4.10. The lowest BCUT2D eigenvalue weighted by molar-refractivity contribution is -0.153. The van der Waals surface area contributed by atoms with Crippen LogP contribution in [0.1, 0.15) is 24.6 Å². The van der Waals surface area contributed by atoms with E-state index in [2.05, 4.69) is 4.98 Å². The zero-order valence-electron chi connectivity index (χ0n) is 12.2. The van der Waals surface area contributed by atoms with Crippen molar-refractivity contribution in [1.29, 1.82) is 0 Å². The van der Waals surface area contributed by atoms with Gasteiger partial charge in [-0.05, 0) is 11.6 Å². The molecule has 0 aliphatic carbocycles. The smallest absolute Gasteiger partial charge is 0.328 e. The van der Waals surface area contributed by atoms with Crippen molar-refractivity contribution in [3.05, 3.63) is 35.5 Å². The van der Waals surface area contributed by atoms with Crippen LogP contribution in [0, 0.1) is 0 Å². The minimum absolute atomic E-state index is 0.0327. The fraction of sp³-hybridized carbons (Fsp3) is 0.375. The average molecular weight is 286 g/mol. The van der Waals surface area contributed by atoms with E-state index in [1.165, 1.54) is 7.11 Å². The summed E-state index contributed by atoms with van der Waals surface area (Å²) in [6.45, 7) is 2.23. The molecule has 5 heteroatoms. The van der Waals surface area contributed by atoms with E-state index < -0.39 is 6.04 Å². The van der Waals surface area contributed by atoms with Crippen LogP contribution >= 0.6 is 0 Å². The number of para-hydroxylation sites is 1. The van der Waals surface area contributed by atoms with Crippen LogP contribution in [-0.2, 0) is 27.3 Å². The molecule has 1 aliphatic rings. The molecule has 0 spiro atoms. The van der Waals surface area contributed by atoms with E-state index >= 15 is 0 Å². The molecular weight excluding hydrogens is 268 g/mol. The van der Waals surface area contributed by atoms with Crippen molar-refractivity contribution in [1.82, 2.24) is 9.88 Å². The fourth-order valence-corrected chi connectivity index (χ4v) is 3.02. The summed E-state index contributed by atoms with van der Waals surface area (Å²) in [5, 5.41) is 1.12.